The molecular formula is C53H78N2. The molecule has 7 rings (SSSR count). The maximum Gasteiger partial charge on any atom is 0.0505 e. The largest absolute Gasteiger partial charge is 0.398 e. The molecule has 4 fully saturated rings. The summed E-state index contributed by atoms with van der Waals surface area (Å²) in [5.74, 6) is 7.25. The zero-order chi connectivity index (χ0) is 38.0. The van der Waals surface area contributed by atoms with Gasteiger partial charge < -0.3 is 11.5 Å². The van der Waals surface area contributed by atoms with Crippen LogP contribution in [0.2, 0.25) is 0 Å². The van der Waals surface area contributed by atoms with Crippen LogP contribution in [-0.2, 0) is 0 Å². The highest BCUT2D eigenvalue weighted by molar-refractivity contribution is 5.84. The molecule has 0 saturated heterocycles. The van der Waals surface area contributed by atoms with Gasteiger partial charge in [0.2, 0.25) is 0 Å². The van der Waals surface area contributed by atoms with Gasteiger partial charge >= 0.3 is 0 Å². The first kappa shape index (κ1) is 40.6. The van der Waals surface area contributed by atoms with E-state index in [0.717, 1.165) is 52.4 Å². The van der Waals surface area contributed by atoms with Crippen LogP contribution in [0.15, 0.2) is 72.0 Å². The summed E-state index contributed by atoms with van der Waals surface area (Å²) in [7, 11) is 0. The summed E-state index contributed by atoms with van der Waals surface area (Å²) < 4.78 is 0. The average molecular weight is 743 g/mol. The lowest BCUT2D eigenvalue weighted by molar-refractivity contribution is 0.155. The predicted molar refractivity (Wildman–Crippen MR) is 238 cm³/mol. The van der Waals surface area contributed by atoms with Gasteiger partial charge in [0.1, 0.15) is 0 Å². The molecule has 2 heteroatoms. The second-order valence-electron chi connectivity index (χ2n) is 19.4. The first-order valence-electron chi connectivity index (χ1n) is 23.8. The summed E-state index contributed by atoms with van der Waals surface area (Å²) in [5, 5.41) is 0. The zero-order valence-electron chi connectivity index (χ0n) is 35.2. The van der Waals surface area contributed by atoms with Crippen LogP contribution in [0.25, 0.3) is 11.6 Å². The molecule has 2 aromatic carbocycles. The molecule has 300 valence electrons. The van der Waals surface area contributed by atoms with Gasteiger partial charge in [0.25, 0.3) is 0 Å². The molecule has 55 heavy (non-hydrogen) atoms. The van der Waals surface area contributed by atoms with E-state index in [1.54, 1.807) is 0 Å². The molecule has 4 N–H and O–H groups in total. The van der Waals surface area contributed by atoms with Gasteiger partial charge in [0.05, 0.1) is 6.04 Å². The van der Waals surface area contributed by atoms with Crippen LogP contribution in [0.3, 0.4) is 0 Å². The standard InChI is InChI=1S/C53H78N2/c1-3-5-7-11-38-17-21-41(22-18-38)43-25-29-45(30-26-43)47-14-9-13-40(35-47)36-51-52(54)34-33-50(53(51)55)49-16-10-15-48(37-49)46-31-27-44(28-32-46)42-23-19-39(20-24-42)12-8-6-4-2/h9-10,13-16,33-39,41-46,52H,3-8,11-12,17-32,54-55H2,1-2H3. The Labute approximate surface area is 337 Å². The minimum atomic E-state index is -0.186. The highest BCUT2D eigenvalue weighted by Crippen LogP contribution is 2.46. The van der Waals surface area contributed by atoms with Crippen molar-refractivity contribution in [1.82, 2.24) is 0 Å². The Kier molecular flexibility index (Phi) is 14.9. The fraction of sp³-hybridized carbons (Fsp3) is 0.660. The molecule has 0 amide bonds. The van der Waals surface area contributed by atoms with Gasteiger partial charge in [-0.3, -0.25) is 0 Å². The molecule has 1 unspecified atom stereocenters. The molecule has 0 heterocycles. The third kappa shape index (κ3) is 10.7. The smallest absolute Gasteiger partial charge is 0.0505 e. The summed E-state index contributed by atoms with van der Waals surface area (Å²) >= 11 is 0. The highest BCUT2D eigenvalue weighted by atomic mass is 14.7. The Morgan fingerprint density at radius 1 is 0.564 bits per heavy atom. The van der Waals surface area contributed by atoms with Gasteiger partial charge in [-0.15, -0.1) is 0 Å². The summed E-state index contributed by atoms with van der Waals surface area (Å²) in [4.78, 5) is 0. The lowest BCUT2D eigenvalue weighted by Gasteiger charge is -2.38. The number of hydrogen-bond donors (Lipinski definition) is 2. The molecule has 0 aliphatic heterocycles. The van der Waals surface area contributed by atoms with Gasteiger partial charge in [0, 0.05) is 11.3 Å². The van der Waals surface area contributed by atoms with E-state index < -0.39 is 0 Å². The minimum Gasteiger partial charge on any atom is -0.398 e. The molecule has 0 radical (unpaired) electrons. The van der Waals surface area contributed by atoms with Gasteiger partial charge in [-0.2, -0.15) is 0 Å². The minimum absolute atomic E-state index is 0.186. The van der Waals surface area contributed by atoms with E-state index in [1.165, 1.54) is 176 Å². The Bertz CT molecular complexity index is 1560. The van der Waals surface area contributed by atoms with Crippen molar-refractivity contribution in [2.24, 2.45) is 47.0 Å². The molecular weight excluding hydrogens is 665 g/mol. The number of allylic oxidation sites excluding steroid dienone is 2. The van der Waals surface area contributed by atoms with E-state index in [9.17, 15) is 0 Å². The first-order valence-corrected chi connectivity index (χ1v) is 23.8. The number of hydrogen-bond acceptors (Lipinski definition) is 2. The third-order valence-corrected chi connectivity index (χ3v) is 15.9. The molecule has 2 aromatic rings. The fourth-order valence-corrected chi connectivity index (χ4v) is 12.3. The van der Waals surface area contributed by atoms with Gasteiger partial charge in [0.15, 0.2) is 0 Å². The van der Waals surface area contributed by atoms with Crippen molar-refractivity contribution in [2.75, 3.05) is 0 Å². The van der Waals surface area contributed by atoms with E-state index in [1.807, 2.05) is 0 Å². The van der Waals surface area contributed by atoms with Gasteiger partial charge in [-0.05, 0) is 158 Å². The highest BCUT2D eigenvalue weighted by Gasteiger charge is 2.33. The van der Waals surface area contributed by atoms with Crippen molar-refractivity contribution in [3.8, 4) is 0 Å². The van der Waals surface area contributed by atoms with Crippen molar-refractivity contribution in [3.05, 3.63) is 94.2 Å². The Morgan fingerprint density at radius 2 is 1.04 bits per heavy atom. The van der Waals surface area contributed by atoms with Crippen molar-refractivity contribution >= 4 is 11.6 Å². The lowest BCUT2D eigenvalue weighted by Crippen LogP contribution is -2.27. The van der Waals surface area contributed by atoms with Crippen molar-refractivity contribution in [2.45, 2.75) is 186 Å². The van der Waals surface area contributed by atoms with Crippen molar-refractivity contribution in [3.63, 3.8) is 0 Å². The van der Waals surface area contributed by atoms with Crippen LogP contribution in [0.4, 0.5) is 0 Å². The normalized spacial score (nSPS) is 32.6. The van der Waals surface area contributed by atoms with Crippen LogP contribution in [-0.4, -0.2) is 6.04 Å². The molecule has 2 nitrogen and oxygen atoms in total. The first-order chi connectivity index (χ1) is 27.0. The molecule has 1 atom stereocenters. The number of benzene rings is 2. The average Bonchev–Trinajstić information content (AvgIpc) is 3.23. The third-order valence-electron chi connectivity index (χ3n) is 15.9. The Balaban J connectivity index is 0.937. The zero-order valence-corrected chi connectivity index (χ0v) is 35.2. The number of unbranched alkanes of at least 4 members (excludes halogenated alkanes) is 4. The van der Waals surface area contributed by atoms with E-state index >= 15 is 0 Å². The second kappa shape index (κ2) is 20.2. The Morgan fingerprint density at radius 3 is 1.55 bits per heavy atom. The maximum absolute atomic E-state index is 7.05. The topological polar surface area (TPSA) is 52.0 Å². The molecule has 5 aliphatic carbocycles. The fourth-order valence-electron chi connectivity index (χ4n) is 12.3. The molecule has 0 aromatic heterocycles. The second-order valence-corrected chi connectivity index (χ2v) is 19.4. The van der Waals surface area contributed by atoms with Gasteiger partial charge in [-0.1, -0.05) is 152 Å². The summed E-state index contributed by atoms with van der Waals surface area (Å²) in [6.07, 6.45) is 41.0. The summed E-state index contributed by atoms with van der Waals surface area (Å²) in [5.41, 5.74) is 22.3. The monoisotopic (exact) mass is 743 g/mol. The summed E-state index contributed by atoms with van der Waals surface area (Å²) in [6.45, 7) is 4.66. The van der Waals surface area contributed by atoms with Crippen LogP contribution in [0, 0.1) is 35.5 Å². The van der Waals surface area contributed by atoms with Gasteiger partial charge in [-0.25, -0.2) is 0 Å². The van der Waals surface area contributed by atoms with Crippen LogP contribution < -0.4 is 11.5 Å². The van der Waals surface area contributed by atoms with Crippen LogP contribution in [0.5, 0.6) is 0 Å². The lowest BCUT2D eigenvalue weighted by atomic mass is 9.68. The molecule has 4 saturated carbocycles. The molecule has 0 spiro atoms. The van der Waals surface area contributed by atoms with E-state index in [2.05, 4.69) is 80.6 Å². The number of nitrogens with two attached hydrogens (primary N) is 2. The van der Waals surface area contributed by atoms with E-state index in [-0.39, 0.29) is 6.04 Å². The van der Waals surface area contributed by atoms with Crippen molar-refractivity contribution in [1.29, 1.82) is 0 Å². The maximum atomic E-state index is 7.05. The van der Waals surface area contributed by atoms with E-state index in [4.69, 9.17) is 11.5 Å². The molecule has 0 bridgehead atoms. The Hall–Kier alpha value is -2.58. The number of rotatable bonds is 14. The molecule has 5 aliphatic rings. The van der Waals surface area contributed by atoms with E-state index in [0.29, 0.717) is 11.8 Å². The SMILES string of the molecule is CCCCCC1CCC(C2CCC(c3cccc(C=C4C(N)=C(c5cccc(C6CCC(C7CCC(CCCCC)CC7)CC6)c5)C=CC4N)c3)CC2)CC1. The van der Waals surface area contributed by atoms with Crippen LogP contribution in [0.1, 0.15) is 202 Å². The quantitative estimate of drug-likeness (QED) is 0.189. The summed E-state index contributed by atoms with van der Waals surface area (Å²) in [6, 6.07) is 18.5. The predicted octanol–water partition coefficient (Wildman–Crippen LogP) is 14.7. The van der Waals surface area contributed by atoms with Crippen molar-refractivity contribution < 1.29 is 0 Å². The van der Waals surface area contributed by atoms with Crippen LogP contribution >= 0.6 is 0 Å².